The average Bonchev–Trinajstić information content (AvgIpc) is 2.17. The molecule has 0 aliphatic carbocycles. The molecule has 0 spiro atoms. The fraction of sp³-hybridized carbons (Fsp3) is 0.545. The fourth-order valence-corrected chi connectivity index (χ4v) is 1.35. The summed E-state index contributed by atoms with van der Waals surface area (Å²) in [6, 6.07) is 0. The lowest BCUT2D eigenvalue weighted by Gasteiger charge is -2.11. The minimum atomic E-state index is -0.130. The van der Waals surface area contributed by atoms with Crippen molar-refractivity contribution >= 4 is 5.78 Å². The molecule has 15 heavy (non-hydrogen) atoms. The van der Waals surface area contributed by atoms with E-state index in [0.29, 0.717) is 23.7 Å². The zero-order valence-corrected chi connectivity index (χ0v) is 9.57. The lowest BCUT2D eigenvalue weighted by atomic mass is 10.2. The topological polar surface area (TPSA) is 52.1 Å². The van der Waals surface area contributed by atoms with Crippen LogP contribution in [0.5, 0.6) is 0 Å². The van der Waals surface area contributed by atoms with Crippen molar-refractivity contribution in [2.24, 2.45) is 0 Å². The molecule has 1 unspecified atom stereocenters. The van der Waals surface area contributed by atoms with Crippen LogP contribution in [0.25, 0.3) is 0 Å². The van der Waals surface area contributed by atoms with Gasteiger partial charge in [0.25, 0.3) is 0 Å². The first-order valence-corrected chi connectivity index (χ1v) is 5.02. The summed E-state index contributed by atoms with van der Waals surface area (Å²) in [7, 11) is 0. The van der Waals surface area contributed by atoms with Crippen LogP contribution < -0.4 is 0 Å². The van der Waals surface area contributed by atoms with Crippen LogP contribution in [0.2, 0.25) is 0 Å². The number of aromatic nitrogens is 2. The Hall–Kier alpha value is -1.29. The molecule has 1 rings (SSSR count). The van der Waals surface area contributed by atoms with Crippen molar-refractivity contribution in [2.75, 3.05) is 6.61 Å². The van der Waals surface area contributed by atoms with Crippen molar-refractivity contribution in [2.45, 2.75) is 33.8 Å². The highest BCUT2D eigenvalue weighted by Crippen LogP contribution is 2.13. The van der Waals surface area contributed by atoms with E-state index in [1.807, 2.05) is 13.8 Å². The van der Waals surface area contributed by atoms with E-state index in [1.165, 1.54) is 6.92 Å². The van der Waals surface area contributed by atoms with Crippen molar-refractivity contribution in [3.63, 3.8) is 0 Å². The molecule has 4 heteroatoms. The van der Waals surface area contributed by atoms with Crippen molar-refractivity contribution in [1.29, 1.82) is 0 Å². The molecule has 1 aromatic heterocycles. The zero-order valence-electron chi connectivity index (χ0n) is 9.57. The Morgan fingerprint density at radius 3 is 2.73 bits per heavy atom. The van der Waals surface area contributed by atoms with E-state index in [1.54, 1.807) is 13.1 Å². The molecule has 1 atom stereocenters. The summed E-state index contributed by atoms with van der Waals surface area (Å²) in [5.41, 5.74) is 1.28. The molecule has 0 amide bonds. The zero-order chi connectivity index (χ0) is 11.4. The number of nitrogens with zero attached hydrogens (tertiary/aromatic N) is 2. The molecule has 82 valence electrons. The SMILES string of the molecule is CCOC(C)c1ncc(C(C)=O)c(C)n1. The number of rotatable bonds is 4. The molecule has 0 aliphatic rings. The second-order valence-corrected chi connectivity index (χ2v) is 3.38. The monoisotopic (exact) mass is 208 g/mol. The quantitative estimate of drug-likeness (QED) is 0.711. The number of ketones is 1. The highest BCUT2D eigenvalue weighted by atomic mass is 16.5. The molecule has 4 nitrogen and oxygen atoms in total. The first-order valence-electron chi connectivity index (χ1n) is 5.02. The minimum absolute atomic E-state index is 0.0110. The smallest absolute Gasteiger partial charge is 0.163 e. The Labute approximate surface area is 89.7 Å². The first kappa shape index (κ1) is 11.8. The average molecular weight is 208 g/mol. The van der Waals surface area contributed by atoms with Crippen LogP contribution in [0.3, 0.4) is 0 Å². The Morgan fingerprint density at radius 2 is 2.27 bits per heavy atom. The van der Waals surface area contributed by atoms with Gasteiger partial charge in [0.2, 0.25) is 0 Å². The summed E-state index contributed by atoms with van der Waals surface area (Å²) in [5, 5.41) is 0. The summed E-state index contributed by atoms with van der Waals surface area (Å²) >= 11 is 0. The number of carbonyl (C=O) groups is 1. The molecule has 1 heterocycles. The van der Waals surface area contributed by atoms with Crippen molar-refractivity contribution < 1.29 is 9.53 Å². The highest BCUT2D eigenvalue weighted by Gasteiger charge is 2.12. The maximum atomic E-state index is 11.2. The van der Waals surface area contributed by atoms with E-state index in [4.69, 9.17) is 4.74 Å². The van der Waals surface area contributed by atoms with Gasteiger partial charge >= 0.3 is 0 Å². The van der Waals surface area contributed by atoms with Gasteiger partial charge < -0.3 is 4.74 Å². The second-order valence-electron chi connectivity index (χ2n) is 3.38. The van der Waals surface area contributed by atoms with Crippen molar-refractivity contribution in [1.82, 2.24) is 9.97 Å². The number of hydrogen-bond donors (Lipinski definition) is 0. The molecule has 0 saturated carbocycles. The van der Waals surface area contributed by atoms with Gasteiger partial charge in [0.05, 0.1) is 11.3 Å². The Kier molecular flexibility index (Phi) is 3.91. The summed E-state index contributed by atoms with van der Waals surface area (Å²) in [6.07, 6.45) is 1.44. The van der Waals surface area contributed by atoms with Gasteiger partial charge in [-0.2, -0.15) is 0 Å². The van der Waals surface area contributed by atoms with Crippen molar-refractivity contribution in [3.05, 3.63) is 23.3 Å². The number of aryl methyl sites for hydroxylation is 1. The van der Waals surface area contributed by atoms with Crippen LogP contribution in [-0.2, 0) is 4.74 Å². The normalized spacial score (nSPS) is 12.5. The summed E-state index contributed by atoms with van der Waals surface area (Å²) in [6.45, 7) is 7.76. The molecule has 0 aromatic carbocycles. The van der Waals surface area contributed by atoms with Crippen molar-refractivity contribution in [3.8, 4) is 0 Å². The van der Waals surface area contributed by atoms with Gasteiger partial charge in [-0.3, -0.25) is 4.79 Å². The molecule has 0 N–H and O–H groups in total. The Morgan fingerprint density at radius 1 is 1.60 bits per heavy atom. The predicted molar refractivity (Wildman–Crippen MR) is 56.8 cm³/mol. The summed E-state index contributed by atoms with van der Waals surface area (Å²) in [4.78, 5) is 19.5. The van der Waals surface area contributed by atoms with Gasteiger partial charge in [-0.15, -0.1) is 0 Å². The highest BCUT2D eigenvalue weighted by molar-refractivity contribution is 5.94. The molecule has 0 radical (unpaired) electrons. The fourth-order valence-electron chi connectivity index (χ4n) is 1.35. The number of hydrogen-bond acceptors (Lipinski definition) is 4. The number of ether oxygens (including phenoxy) is 1. The van der Waals surface area contributed by atoms with E-state index < -0.39 is 0 Å². The minimum Gasteiger partial charge on any atom is -0.371 e. The van der Waals surface area contributed by atoms with Gasteiger partial charge in [-0.25, -0.2) is 9.97 Å². The molecule has 0 aliphatic heterocycles. The largest absolute Gasteiger partial charge is 0.371 e. The van der Waals surface area contributed by atoms with Crippen LogP contribution >= 0.6 is 0 Å². The third-order valence-corrected chi connectivity index (χ3v) is 2.16. The summed E-state index contributed by atoms with van der Waals surface area (Å²) < 4.78 is 5.37. The van der Waals surface area contributed by atoms with Crippen LogP contribution in [0.1, 0.15) is 48.8 Å². The molecular weight excluding hydrogens is 192 g/mol. The predicted octanol–water partition coefficient (Wildman–Crippen LogP) is 2.09. The molecule has 0 saturated heterocycles. The summed E-state index contributed by atoms with van der Waals surface area (Å²) in [5.74, 6) is 0.613. The van der Waals surface area contributed by atoms with Gasteiger partial charge in [0, 0.05) is 12.8 Å². The van der Waals surface area contributed by atoms with E-state index in [2.05, 4.69) is 9.97 Å². The third-order valence-electron chi connectivity index (χ3n) is 2.16. The third kappa shape index (κ3) is 2.83. The molecular formula is C11H16N2O2. The first-order chi connectivity index (χ1) is 7.06. The van der Waals surface area contributed by atoms with Gasteiger partial charge in [0.1, 0.15) is 6.10 Å². The lowest BCUT2D eigenvalue weighted by molar-refractivity contribution is 0.0698. The van der Waals surface area contributed by atoms with Gasteiger partial charge in [-0.05, 0) is 27.7 Å². The number of carbonyl (C=O) groups excluding carboxylic acids is 1. The second kappa shape index (κ2) is 4.98. The van der Waals surface area contributed by atoms with Crippen LogP contribution in [-0.4, -0.2) is 22.4 Å². The van der Waals surface area contributed by atoms with Crippen LogP contribution in [0.15, 0.2) is 6.20 Å². The lowest BCUT2D eigenvalue weighted by Crippen LogP contribution is -2.09. The van der Waals surface area contributed by atoms with Crippen LogP contribution in [0.4, 0.5) is 0 Å². The Bertz CT molecular complexity index is 364. The van der Waals surface area contributed by atoms with Crippen LogP contribution in [0, 0.1) is 6.92 Å². The molecule has 0 bridgehead atoms. The molecule has 0 fully saturated rings. The van der Waals surface area contributed by atoms with Gasteiger partial charge in [-0.1, -0.05) is 0 Å². The van der Waals surface area contributed by atoms with E-state index in [9.17, 15) is 4.79 Å². The van der Waals surface area contributed by atoms with E-state index >= 15 is 0 Å². The maximum absolute atomic E-state index is 11.2. The van der Waals surface area contributed by atoms with E-state index in [0.717, 1.165) is 0 Å². The maximum Gasteiger partial charge on any atom is 0.163 e. The standard InChI is InChI=1S/C11H16N2O2/c1-5-15-9(4)11-12-6-10(8(3)14)7(2)13-11/h6,9H,5H2,1-4H3. The number of Topliss-reactive ketones (excluding diaryl/α,β-unsaturated/α-hetero) is 1. The van der Waals surface area contributed by atoms with E-state index in [-0.39, 0.29) is 11.9 Å². The molecule has 1 aromatic rings. The van der Waals surface area contributed by atoms with Gasteiger partial charge in [0.15, 0.2) is 11.6 Å². The Balaban J connectivity index is 2.96.